The van der Waals surface area contributed by atoms with Crippen LogP contribution in [-0.4, -0.2) is 115 Å². The number of aliphatic imine (C=N–C) groups is 1. The number of hydrogen-bond donors (Lipinski definition) is 12. The molecular weight excluding hydrogens is 825 g/mol. The Morgan fingerprint density at radius 3 is 1.58 bits per heavy atom. The van der Waals surface area contributed by atoms with E-state index in [9.17, 15) is 38.7 Å². The number of carbonyl (C=O) groups excluding carboxylic acids is 6. The molecule has 0 radical (unpaired) electrons. The van der Waals surface area contributed by atoms with Crippen LogP contribution in [0.15, 0.2) is 65.7 Å². The van der Waals surface area contributed by atoms with Gasteiger partial charge in [-0.15, -0.1) is 0 Å². The molecule has 354 valence electrons. The fourth-order valence-corrected chi connectivity index (χ4v) is 6.61. The number of nitrogens with zero attached hydrogens (tertiary/aromatic N) is 1. The van der Waals surface area contributed by atoms with Gasteiger partial charge in [0.25, 0.3) is 0 Å². The predicted octanol–water partition coefficient (Wildman–Crippen LogP) is -1.22. The molecule has 6 atom stereocenters. The Morgan fingerprint density at radius 2 is 1.05 bits per heavy atom. The lowest BCUT2D eigenvalue weighted by molar-refractivity contribution is -0.142. The van der Waals surface area contributed by atoms with Crippen molar-refractivity contribution < 1.29 is 38.7 Å². The van der Waals surface area contributed by atoms with E-state index in [4.69, 9.17) is 28.7 Å². The van der Waals surface area contributed by atoms with Crippen molar-refractivity contribution in [1.29, 1.82) is 0 Å². The quantitative estimate of drug-likeness (QED) is 0.0240. The molecular formula is C44H70N12O8. The largest absolute Gasteiger partial charge is 0.480 e. The van der Waals surface area contributed by atoms with E-state index in [1.54, 1.807) is 60.7 Å². The molecule has 0 aliphatic carbocycles. The first-order chi connectivity index (χ1) is 30.5. The number of hydrogen-bond acceptors (Lipinski definition) is 11. The molecule has 2 rings (SSSR count). The van der Waals surface area contributed by atoms with E-state index in [-0.39, 0.29) is 56.9 Å². The minimum Gasteiger partial charge on any atom is -0.480 e. The third kappa shape index (κ3) is 21.8. The van der Waals surface area contributed by atoms with E-state index in [1.807, 2.05) is 13.8 Å². The van der Waals surface area contributed by atoms with Crippen LogP contribution < -0.4 is 60.6 Å². The Balaban J connectivity index is 2.32. The van der Waals surface area contributed by atoms with Gasteiger partial charge in [0.2, 0.25) is 35.4 Å². The summed E-state index contributed by atoms with van der Waals surface area (Å²) < 4.78 is 0. The summed E-state index contributed by atoms with van der Waals surface area (Å²) in [6.45, 7) is 4.08. The number of nitrogens with one attached hydrogen (secondary N) is 6. The molecule has 0 fully saturated rings. The summed E-state index contributed by atoms with van der Waals surface area (Å²) in [7, 11) is 0. The standard InChI is InChI=1S/C44H70N12O8/c1-28(2)24-34(55-38(58)31(47)18-9-11-21-45)41(61)53-32(20-13-23-50-44(48)49)40(60)56-35(25-29-14-5-3-6-15-29)39(59)51-27-37(57)52-36(26-30-16-7-4-8-17-30)42(62)54-33(43(63)64)19-10-12-22-46/h3-8,14-17,28,31-36H,9-13,18-27,45-47H2,1-2H3,(H,51,59)(H,52,57)(H,53,61)(H,54,62)(H,55,58)(H,56,60)(H,63,64)(H4,48,49,50)/t31-,32-,33-,34-,35-,36-/m0/s1. The van der Waals surface area contributed by atoms with Crippen LogP contribution in [0, 0.1) is 5.92 Å². The van der Waals surface area contributed by atoms with Crippen molar-refractivity contribution in [2.75, 3.05) is 26.2 Å². The van der Waals surface area contributed by atoms with Gasteiger partial charge in [-0.1, -0.05) is 80.9 Å². The van der Waals surface area contributed by atoms with Crippen LogP contribution in [0.1, 0.15) is 82.8 Å². The lowest BCUT2D eigenvalue weighted by atomic mass is 10.0. The van der Waals surface area contributed by atoms with Crippen LogP contribution in [0.3, 0.4) is 0 Å². The molecule has 0 aliphatic heterocycles. The fourth-order valence-electron chi connectivity index (χ4n) is 6.61. The Labute approximate surface area is 375 Å². The number of carboxylic acids is 1. The molecule has 20 heteroatoms. The van der Waals surface area contributed by atoms with Crippen molar-refractivity contribution in [3.63, 3.8) is 0 Å². The molecule has 20 nitrogen and oxygen atoms in total. The second-order valence-electron chi connectivity index (χ2n) is 16.1. The minimum absolute atomic E-state index is 0.0114. The van der Waals surface area contributed by atoms with Gasteiger partial charge in [-0.2, -0.15) is 0 Å². The van der Waals surface area contributed by atoms with Gasteiger partial charge < -0.3 is 65.7 Å². The van der Waals surface area contributed by atoms with Crippen LogP contribution in [0.2, 0.25) is 0 Å². The summed E-state index contributed by atoms with van der Waals surface area (Å²) in [6, 6.07) is 10.8. The molecule has 0 heterocycles. The third-order valence-electron chi connectivity index (χ3n) is 10.1. The summed E-state index contributed by atoms with van der Waals surface area (Å²) in [4.78, 5) is 97.6. The molecule has 64 heavy (non-hydrogen) atoms. The Bertz CT molecular complexity index is 1800. The lowest BCUT2D eigenvalue weighted by Crippen LogP contribution is -2.58. The van der Waals surface area contributed by atoms with Crippen LogP contribution >= 0.6 is 0 Å². The van der Waals surface area contributed by atoms with Crippen molar-refractivity contribution in [2.45, 2.75) is 121 Å². The maximum Gasteiger partial charge on any atom is 0.326 e. The molecule has 2 aromatic carbocycles. The molecule has 0 saturated heterocycles. The highest BCUT2D eigenvalue weighted by molar-refractivity contribution is 5.96. The van der Waals surface area contributed by atoms with E-state index in [0.717, 1.165) is 0 Å². The molecule has 6 amide bonds. The molecule has 17 N–H and O–H groups in total. The second kappa shape index (κ2) is 30.1. The average Bonchev–Trinajstić information content (AvgIpc) is 3.25. The highest BCUT2D eigenvalue weighted by Crippen LogP contribution is 2.11. The van der Waals surface area contributed by atoms with Crippen molar-refractivity contribution in [1.82, 2.24) is 31.9 Å². The van der Waals surface area contributed by atoms with Crippen LogP contribution in [-0.2, 0) is 46.4 Å². The molecule has 2 aromatic rings. The molecule has 0 spiro atoms. The van der Waals surface area contributed by atoms with Gasteiger partial charge in [-0.25, -0.2) is 4.79 Å². The Morgan fingerprint density at radius 1 is 0.578 bits per heavy atom. The zero-order valence-electron chi connectivity index (χ0n) is 37.1. The first-order valence-electron chi connectivity index (χ1n) is 21.8. The van der Waals surface area contributed by atoms with Gasteiger partial charge in [0.1, 0.15) is 30.2 Å². The minimum atomic E-state index is -1.26. The molecule has 0 bridgehead atoms. The van der Waals surface area contributed by atoms with Gasteiger partial charge in [-0.05, 0) is 81.5 Å². The van der Waals surface area contributed by atoms with Crippen molar-refractivity contribution in [3.05, 3.63) is 71.8 Å². The normalized spacial score (nSPS) is 13.8. The number of aliphatic carboxylic acids is 1. The van der Waals surface area contributed by atoms with Gasteiger partial charge >= 0.3 is 5.97 Å². The topological polar surface area (TPSA) is 354 Å². The molecule has 0 unspecified atom stereocenters. The zero-order chi connectivity index (χ0) is 47.4. The summed E-state index contributed by atoms with van der Waals surface area (Å²) in [5.41, 5.74) is 29.6. The van der Waals surface area contributed by atoms with Crippen molar-refractivity contribution in [2.24, 2.45) is 39.6 Å². The third-order valence-corrected chi connectivity index (χ3v) is 10.1. The summed E-state index contributed by atoms with van der Waals surface area (Å²) in [5.74, 6) is -5.56. The number of guanidine groups is 1. The van der Waals surface area contributed by atoms with E-state index in [2.05, 4.69) is 36.9 Å². The average molecular weight is 895 g/mol. The van der Waals surface area contributed by atoms with E-state index in [1.165, 1.54) is 0 Å². The summed E-state index contributed by atoms with van der Waals surface area (Å²) in [5, 5.41) is 25.6. The molecule has 0 aliphatic rings. The molecule has 0 saturated carbocycles. The highest BCUT2D eigenvalue weighted by atomic mass is 16.4. The van der Waals surface area contributed by atoms with Crippen molar-refractivity contribution in [3.8, 4) is 0 Å². The lowest BCUT2D eigenvalue weighted by Gasteiger charge is -2.27. The monoisotopic (exact) mass is 895 g/mol. The van der Waals surface area contributed by atoms with Gasteiger partial charge in [-0.3, -0.25) is 33.8 Å². The highest BCUT2D eigenvalue weighted by Gasteiger charge is 2.32. The zero-order valence-corrected chi connectivity index (χ0v) is 37.1. The van der Waals surface area contributed by atoms with Crippen LogP contribution in [0.4, 0.5) is 0 Å². The molecule has 0 aromatic heterocycles. The van der Waals surface area contributed by atoms with E-state index >= 15 is 0 Å². The first kappa shape index (κ1) is 54.0. The number of carbonyl (C=O) groups is 7. The van der Waals surface area contributed by atoms with Crippen molar-refractivity contribution >= 4 is 47.4 Å². The van der Waals surface area contributed by atoms with E-state index < -0.39 is 84.2 Å². The second-order valence-corrected chi connectivity index (χ2v) is 16.1. The van der Waals surface area contributed by atoms with Crippen LogP contribution in [0.25, 0.3) is 0 Å². The number of unbranched alkanes of at least 4 members (excludes halogenated alkanes) is 2. The summed E-state index contributed by atoms with van der Waals surface area (Å²) in [6.07, 6.45) is 3.38. The number of nitrogens with two attached hydrogens (primary N) is 5. The fraction of sp³-hybridized carbons (Fsp3) is 0.545. The number of amides is 6. The van der Waals surface area contributed by atoms with Gasteiger partial charge in [0, 0.05) is 19.4 Å². The predicted molar refractivity (Wildman–Crippen MR) is 244 cm³/mol. The van der Waals surface area contributed by atoms with E-state index in [0.29, 0.717) is 56.3 Å². The Kier molecular flexibility index (Phi) is 25.4. The maximum atomic E-state index is 14.1. The van der Waals surface area contributed by atoms with Crippen LogP contribution in [0.5, 0.6) is 0 Å². The van der Waals surface area contributed by atoms with Gasteiger partial charge in [0.05, 0.1) is 12.6 Å². The smallest absolute Gasteiger partial charge is 0.326 e. The number of rotatable bonds is 31. The van der Waals surface area contributed by atoms with Gasteiger partial charge in [0.15, 0.2) is 5.96 Å². The number of benzene rings is 2. The summed E-state index contributed by atoms with van der Waals surface area (Å²) >= 11 is 0. The Hall–Kier alpha value is -6.12. The maximum absolute atomic E-state index is 14.1. The number of carboxylic acid groups (broad SMARTS) is 1. The SMILES string of the molecule is CC(C)C[C@H](NC(=O)[C@@H](N)CCCCN)C(=O)N[C@@H](CCCN=C(N)N)C(=O)N[C@@H](Cc1ccccc1)C(=O)NCC(=O)N[C@@H](Cc1ccccc1)C(=O)N[C@@H](CCCCN)C(=O)O. The first-order valence-corrected chi connectivity index (χ1v) is 21.8.